The van der Waals surface area contributed by atoms with Gasteiger partial charge in [0.2, 0.25) is 0 Å². The second-order valence-electron chi connectivity index (χ2n) is 9.18. The number of ether oxygens (including phenoxy) is 2. The van der Waals surface area contributed by atoms with Crippen LogP contribution in [0.2, 0.25) is 0 Å². The van der Waals surface area contributed by atoms with Crippen LogP contribution in [0, 0.1) is 5.82 Å². The molecule has 1 N–H and O–H groups in total. The molecule has 190 valence electrons. The fourth-order valence-electron chi connectivity index (χ4n) is 4.64. The minimum atomic E-state index is -0.480. The summed E-state index contributed by atoms with van der Waals surface area (Å²) in [7, 11) is 0. The molecule has 0 amide bonds. The number of nitrogens with zero attached hydrogens (tertiary/aromatic N) is 6. The minimum absolute atomic E-state index is 0.135. The second-order valence-corrected chi connectivity index (χ2v) is 9.18. The van der Waals surface area contributed by atoms with Crippen molar-refractivity contribution in [2.24, 2.45) is 0 Å². The molecule has 2 atom stereocenters. The van der Waals surface area contributed by atoms with Crippen LogP contribution in [0.5, 0.6) is 0 Å². The molecule has 1 fully saturated rings. The molecule has 1 aliphatic heterocycles. The summed E-state index contributed by atoms with van der Waals surface area (Å²) in [6.45, 7) is 3.72. The molecule has 5 aromatic heterocycles. The first-order chi connectivity index (χ1) is 18.1. The van der Waals surface area contributed by atoms with Crippen molar-refractivity contribution in [2.45, 2.75) is 44.9 Å². The first-order valence-corrected chi connectivity index (χ1v) is 12.4. The SMILES string of the molecule is CC(c1ccc2c(=O)[nH]ccc2n1)c1nnc2c(F)cc(-c3cnn(CCOC4CCCCO4)c3)cn12. The van der Waals surface area contributed by atoms with E-state index in [1.165, 1.54) is 6.07 Å². The van der Waals surface area contributed by atoms with Gasteiger partial charge >= 0.3 is 0 Å². The molecule has 6 rings (SSSR count). The maximum Gasteiger partial charge on any atom is 0.257 e. The number of rotatable bonds is 7. The van der Waals surface area contributed by atoms with E-state index in [2.05, 4.69) is 25.3 Å². The summed E-state index contributed by atoms with van der Waals surface area (Å²) >= 11 is 0. The molecular formula is C26H26FN7O3. The van der Waals surface area contributed by atoms with E-state index in [1.807, 2.05) is 19.3 Å². The quantitative estimate of drug-likeness (QED) is 0.361. The summed E-state index contributed by atoms with van der Waals surface area (Å²) in [6.07, 6.45) is 9.90. The molecule has 1 aliphatic rings. The predicted molar refractivity (Wildman–Crippen MR) is 134 cm³/mol. The number of aromatic nitrogens is 7. The van der Waals surface area contributed by atoms with Crippen LogP contribution in [0.15, 0.2) is 53.8 Å². The van der Waals surface area contributed by atoms with Crippen LogP contribution in [-0.4, -0.2) is 53.9 Å². The Balaban J connectivity index is 1.25. The topological polar surface area (TPSA) is 112 Å². The second kappa shape index (κ2) is 9.83. The molecule has 37 heavy (non-hydrogen) atoms. The van der Waals surface area contributed by atoms with Crippen molar-refractivity contribution in [2.75, 3.05) is 13.2 Å². The smallest absolute Gasteiger partial charge is 0.257 e. The van der Waals surface area contributed by atoms with Crippen LogP contribution in [0.3, 0.4) is 0 Å². The molecule has 6 heterocycles. The fourth-order valence-corrected chi connectivity index (χ4v) is 4.64. The van der Waals surface area contributed by atoms with E-state index in [0.717, 1.165) is 31.4 Å². The molecule has 11 heteroatoms. The molecular weight excluding hydrogens is 477 g/mol. The van der Waals surface area contributed by atoms with E-state index in [1.54, 1.807) is 39.7 Å². The van der Waals surface area contributed by atoms with E-state index in [4.69, 9.17) is 9.47 Å². The third-order valence-electron chi connectivity index (χ3n) is 6.69. The number of fused-ring (bicyclic) bond motifs is 2. The Morgan fingerprint density at radius 1 is 1.22 bits per heavy atom. The molecule has 0 radical (unpaired) electrons. The number of halogens is 1. The summed E-state index contributed by atoms with van der Waals surface area (Å²) in [5.74, 6) is -0.233. The summed E-state index contributed by atoms with van der Waals surface area (Å²) in [5, 5.41) is 13.3. The maximum absolute atomic E-state index is 15.0. The third-order valence-corrected chi connectivity index (χ3v) is 6.69. The maximum atomic E-state index is 15.0. The Morgan fingerprint density at radius 3 is 3.00 bits per heavy atom. The summed E-state index contributed by atoms with van der Waals surface area (Å²) in [6, 6.07) is 6.71. The van der Waals surface area contributed by atoms with Crippen molar-refractivity contribution in [3.63, 3.8) is 0 Å². The van der Waals surface area contributed by atoms with Gasteiger partial charge in [0.15, 0.2) is 17.8 Å². The Kier molecular flexibility index (Phi) is 6.23. The van der Waals surface area contributed by atoms with Gasteiger partial charge in [-0.3, -0.25) is 18.9 Å². The third kappa shape index (κ3) is 4.63. The van der Waals surface area contributed by atoms with Gasteiger partial charge in [-0.1, -0.05) is 0 Å². The van der Waals surface area contributed by atoms with Gasteiger partial charge in [0.05, 0.1) is 41.9 Å². The molecule has 2 unspecified atom stereocenters. The zero-order valence-corrected chi connectivity index (χ0v) is 20.3. The number of nitrogens with one attached hydrogen (secondary N) is 1. The molecule has 0 spiro atoms. The molecule has 5 aromatic rings. The number of aromatic amines is 1. The van der Waals surface area contributed by atoms with Crippen molar-refractivity contribution in [1.29, 1.82) is 0 Å². The number of H-pyrrole nitrogens is 1. The summed E-state index contributed by atoms with van der Waals surface area (Å²) < 4.78 is 29.9. The summed E-state index contributed by atoms with van der Waals surface area (Å²) in [5.41, 5.74) is 2.65. The largest absolute Gasteiger partial charge is 0.353 e. The Morgan fingerprint density at radius 2 is 2.14 bits per heavy atom. The van der Waals surface area contributed by atoms with Crippen molar-refractivity contribution in [3.05, 3.63) is 76.7 Å². The highest BCUT2D eigenvalue weighted by Gasteiger charge is 2.21. The zero-order chi connectivity index (χ0) is 25.4. The van der Waals surface area contributed by atoms with Gasteiger partial charge in [0, 0.05) is 36.3 Å². The van der Waals surface area contributed by atoms with E-state index >= 15 is 4.39 Å². The van der Waals surface area contributed by atoms with Crippen LogP contribution < -0.4 is 5.56 Å². The molecule has 10 nitrogen and oxygen atoms in total. The lowest BCUT2D eigenvalue weighted by atomic mass is 10.1. The van der Waals surface area contributed by atoms with Crippen LogP contribution >= 0.6 is 0 Å². The zero-order valence-electron chi connectivity index (χ0n) is 20.3. The van der Waals surface area contributed by atoms with Gasteiger partial charge in [-0.15, -0.1) is 10.2 Å². The van der Waals surface area contributed by atoms with Gasteiger partial charge in [-0.25, -0.2) is 4.39 Å². The van der Waals surface area contributed by atoms with Crippen molar-refractivity contribution in [3.8, 4) is 11.1 Å². The normalized spacial score (nSPS) is 17.0. The van der Waals surface area contributed by atoms with Crippen molar-refractivity contribution >= 4 is 16.6 Å². The van der Waals surface area contributed by atoms with Gasteiger partial charge < -0.3 is 14.5 Å². The average Bonchev–Trinajstić information content (AvgIpc) is 3.57. The number of hydrogen-bond donors (Lipinski definition) is 1. The molecule has 0 aromatic carbocycles. The Bertz CT molecular complexity index is 1620. The average molecular weight is 504 g/mol. The van der Waals surface area contributed by atoms with Gasteiger partial charge in [0.25, 0.3) is 5.56 Å². The van der Waals surface area contributed by atoms with E-state index in [-0.39, 0.29) is 23.4 Å². The Hall–Kier alpha value is -3.96. The lowest BCUT2D eigenvalue weighted by Crippen LogP contribution is -2.24. The highest BCUT2D eigenvalue weighted by atomic mass is 19.1. The van der Waals surface area contributed by atoms with Crippen LogP contribution in [0.1, 0.15) is 43.6 Å². The monoisotopic (exact) mass is 503 g/mol. The first-order valence-electron chi connectivity index (χ1n) is 12.4. The summed E-state index contributed by atoms with van der Waals surface area (Å²) in [4.78, 5) is 19.3. The standard InChI is InChI=1S/C26H26FN7O3/c1-16(21-6-5-19-22(30-21)7-8-28-26(19)35)24-31-32-25-20(27)12-17(15-34(24)25)18-13-29-33(14-18)9-11-37-23-4-2-3-10-36-23/h5-8,12-16,23H,2-4,9-11H2,1H3,(H,28,35). The molecule has 1 saturated heterocycles. The first kappa shape index (κ1) is 23.4. The van der Waals surface area contributed by atoms with Gasteiger partial charge in [-0.2, -0.15) is 5.10 Å². The molecule has 0 saturated carbocycles. The van der Waals surface area contributed by atoms with Gasteiger partial charge in [-0.05, 0) is 50.5 Å². The van der Waals surface area contributed by atoms with Crippen molar-refractivity contribution in [1.82, 2.24) is 34.3 Å². The van der Waals surface area contributed by atoms with Crippen LogP contribution in [0.4, 0.5) is 4.39 Å². The van der Waals surface area contributed by atoms with E-state index in [9.17, 15) is 4.79 Å². The molecule has 0 aliphatic carbocycles. The van der Waals surface area contributed by atoms with Crippen LogP contribution in [-0.2, 0) is 16.0 Å². The highest BCUT2D eigenvalue weighted by molar-refractivity contribution is 5.77. The number of pyridine rings is 3. The Labute approximate surface area is 211 Å². The van der Waals surface area contributed by atoms with Crippen molar-refractivity contribution < 1.29 is 13.9 Å². The minimum Gasteiger partial charge on any atom is -0.353 e. The van der Waals surface area contributed by atoms with E-state index < -0.39 is 5.82 Å². The highest BCUT2D eigenvalue weighted by Crippen LogP contribution is 2.27. The van der Waals surface area contributed by atoms with Gasteiger partial charge in [0.1, 0.15) is 5.82 Å². The van der Waals surface area contributed by atoms with E-state index in [0.29, 0.717) is 41.1 Å². The predicted octanol–water partition coefficient (Wildman–Crippen LogP) is 3.66. The van der Waals surface area contributed by atoms with Crippen LogP contribution in [0.25, 0.3) is 27.7 Å². The lowest BCUT2D eigenvalue weighted by Gasteiger charge is -2.22. The molecule has 0 bridgehead atoms. The number of hydrogen-bond acceptors (Lipinski definition) is 7. The fraction of sp³-hybridized carbons (Fsp3) is 0.346. The lowest BCUT2D eigenvalue weighted by molar-refractivity contribution is -0.163.